The second kappa shape index (κ2) is 8.53. The molecular formula is C19H18F3N5O3S. The van der Waals surface area contributed by atoms with Crippen molar-refractivity contribution in [2.75, 3.05) is 30.4 Å². The Bertz CT molecular complexity index is 1070. The SMILES string of the molecule is COc1ccc(N2CCC(C(=O)Nc3nc4ccc(OC(F)(F)F)cc4s3)CC2)nn1. The van der Waals surface area contributed by atoms with E-state index in [-0.39, 0.29) is 17.6 Å². The number of nitrogens with one attached hydrogen (secondary N) is 1. The number of hydrogen-bond donors (Lipinski definition) is 1. The van der Waals surface area contributed by atoms with E-state index in [0.29, 0.717) is 47.2 Å². The molecule has 4 rings (SSSR count). The Hall–Kier alpha value is -3.15. The van der Waals surface area contributed by atoms with Gasteiger partial charge in [0.15, 0.2) is 10.9 Å². The van der Waals surface area contributed by atoms with Crippen LogP contribution in [0.15, 0.2) is 30.3 Å². The van der Waals surface area contributed by atoms with Gasteiger partial charge in [0.1, 0.15) is 5.75 Å². The van der Waals surface area contributed by atoms with Crippen molar-refractivity contribution in [2.24, 2.45) is 5.92 Å². The van der Waals surface area contributed by atoms with Crippen molar-refractivity contribution in [2.45, 2.75) is 19.2 Å². The molecule has 0 radical (unpaired) electrons. The molecule has 31 heavy (non-hydrogen) atoms. The molecule has 164 valence electrons. The predicted octanol–water partition coefficient (Wildman–Crippen LogP) is 3.85. The molecule has 1 N–H and O–H groups in total. The van der Waals surface area contributed by atoms with E-state index in [1.807, 2.05) is 6.07 Å². The number of ether oxygens (including phenoxy) is 2. The zero-order valence-corrected chi connectivity index (χ0v) is 17.2. The summed E-state index contributed by atoms with van der Waals surface area (Å²) in [7, 11) is 1.52. The Morgan fingerprint density at radius 3 is 2.61 bits per heavy atom. The summed E-state index contributed by atoms with van der Waals surface area (Å²) >= 11 is 1.10. The Kier molecular flexibility index (Phi) is 5.81. The van der Waals surface area contributed by atoms with E-state index in [1.54, 1.807) is 6.07 Å². The largest absolute Gasteiger partial charge is 0.573 e. The smallest absolute Gasteiger partial charge is 0.480 e. The minimum absolute atomic E-state index is 0.161. The molecule has 8 nitrogen and oxygen atoms in total. The first kappa shape index (κ1) is 21.1. The molecule has 0 spiro atoms. The van der Waals surface area contributed by atoms with Gasteiger partial charge in [-0.25, -0.2) is 4.98 Å². The van der Waals surface area contributed by atoms with Gasteiger partial charge in [-0.2, -0.15) is 0 Å². The molecular weight excluding hydrogens is 435 g/mol. The summed E-state index contributed by atoms with van der Waals surface area (Å²) < 4.78 is 46.6. The Balaban J connectivity index is 1.35. The third-order valence-corrected chi connectivity index (χ3v) is 5.78. The number of nitrogens with zero attached hydrogens (tertiary/aromatic N) is 4. The van der Waals surface area contributed by atoms with E-state index in [0.717, 1.165) is 17.2 Å². The van der Waals surface area contributed by atoms with Gasteiger partial charge in [-0.1, -0.05) is 11.3 Å². The molecule has 3 aromatic rings. The number of methoxy groups -OCH3 is 1. The van der Waals surface area contributed by atoms with Gasteiger partial charge in [0.05, 0.1) is 17.3 Å². The van der Waals surface area contributed by atoms with Crippen LogP contribution in [-0.4, -0.2) is 47.7 Å². The van der Waals surface area contributed by atoms with Crippen LogP contribution in [0.25, 0.3) is 10.2 Å². The third kappa shape index (κ3) is 5.13. The van der Waals surface area contributed by atoms with Gasteiger partial charge in [-0.3, -0.25) is 4.79 Å². The summed E-state index contributed by atoms with van der Waals surface area (Å²) in [5, 5.41) is 11.2. The molecule has 0 aliphatic carbocycles. The fourth-order valence-electron chi connectivity index (χ4n) is 3.32. The summed E-state index contributed by atoms with van der Waals surface area (Å²) in [6, 6.07) is 7.43. The van der Waals surface area contributed by atoms with Gasteiger partial charge >= 0.3 is 6.36 Å². The minimum atomic E-state index is -4.76. The first-order chi connectivity index (χ1) is 14.8. The fourth-order valence-corrected chi connectivity index (χ4v) is 4.22. The molecule has 2 aromatic heterocycles. The lowest BCUT2D eigenvalue weighted by molar-refractivity contribution is -0.274. The maximum absolute atomic E-state index is 12.6. The summed E-state index contributed by atoms with van der Waals surface area (Å²) in [4.78, 5) is 19.0. The van der Waals surface area contributed by atoms with Crippen LogP contribution in [0.5, 0.6) is 11.6 Å². The maximum Gasteiger partial charge on any atom is 0.573 e. The fraction of sp³-hybridized carbons (Fsp3) is 0.368. The van der Waals surface area contributed by atoms with E-state index >= 15 is 0 Å². The van der Waals surface area contributed by atoms with Crippen molar-refractivity contribution in [3.05, 3.63) is 30.3 Å². The number of hydrogen-bond acceptors (Lipinski definition) is 8. The highest BCUT2D eigenvalue weighted by molar-refractivity contribution is 7.22. The topological polar surface area (TPSA) is 89.5 Å². The minimum Gasteiger partial charge on any atom is -0.480 e. The first-order valence-electron chi connectivity index (χ1n) is 9.40. The van der Waals surface area contributed by atoms with Crippen LogP contribution < -0.4 is 19.7 Å². The number of anilines is 2. The highest BCUT2D eigenvalue weighted by Crippen LogP contribution is 2.32. The van der Waals surface area contributed by atoms with Crippen molar-refractivity contribution in [1.82, 2.24) is 15.2 Å². The number of thiazole rings is 1. The average Bonchev–Trinajstić information content (AvgIpc) is 3.14. The highest BCUT2D eigenvalue weighted by atomic mass is 32.1. The van der Waals surface area contributed by atoms with E-state index < -0.39 is 6.36 Å². The molecule has 1 saturated heterocycles. The van der Waals surface area contributed by atoms with E-state index in [1.165, 1.54) is 25.3 Å². The lowest BCUT2D eigenvalue weighted by Gasteiger charge is -2.31. The Morgan fingerprint density at radius 2 is 1.97 bits per heavy atom. The first-order valence-corrected chi connectivity index (χ1v) is 10.2. The normalized spacial score (nSPS) is 15.2. The van der Waals surface area contributed by atoms with Crippen molar-refractivity contribution in [3.63, 3.8) is 0 Å². The standard InChI is InChI=1S/C19H18F3N5O3S/c1-29-16-5-4-15(25-26-16)27-8-6-11(7-9-27)17(28)24-18-23-13-3-2-12(10-14(13)31-18)30-19(20,21)22/h2-5,10-11H,6-9H2,1H3,(H,23,24,28). The lowest BCUT2D eigenvalue weighted by atomic mass is 9.96. The molecule has 3 heterocycles. The predicted molar refractivity (Wildman–Crippen MR) is 108 cm³/mol. The van der Waals surface area contributed by atoms with Crippen molar-refractivity contribution in [1.29, 1.82) is 0 Å². The number of alkyl halides is 3. The van der Waals surface area contributed by atoms with Gasteiger partial charge in [0.25, 0.3) is 0 Å². The molecule has 1 aliphatic rings. The highest BCUT2D eigenvalue weighted by Gasteiger charge is 2.31. The molecule has 1 aromatic carbocycles. The van der Waals surface area contributed by atoms with Crippen LogP contribution in [-0.2, 0) is 4.79 Å². The molecule has 0 unspecified atom stereocenters. The second-order valence-corrected chi connectivity index (χ2v) is 7.91. The number of rotatable bonds is 5. The summed E-state index contributed by atoms with van der Waals surface area (Å²) in [5.74, 6) is 0.481. The number of benzene rings is 1. The van der Waals surface area contributed by atoms with Gasteiger partial charge in [-0.15, -0.1) is 23.4 Å². The molecule has 1 fully saturated rings. The molecule has 0 bridgehead atoms. The van der Waals surface area contributed by atoms with Gasteiger partial charge in [0.2, 0.25) is 11.8 Å². The molecule has 1 amide bonds. The number of aromatic nitrogens is 3. The van der Waals surface area contributed by atoms with Crippen molar-refractivity contribution < 1.29 is 27.4 Å². The van der Waals surface area contributed by atoms with Gasteiger partial charge in [-0.05, 0) is 31.0 Å². The number of carbonyl (C=O) groups is 1. The van der Waals surface area contributed by atoms with Crippen LogP contribution >= 0.6 is 11.3 Å². The summed E-state index contributed by atoms with van der Waals surface area (Å²) in [5.41, 5.74) is 0.489. The maximum atomic E-state index is 12.6. The second-order valence-electron chi connectivity index (χ2n) is 6.88. The van der Waals surface area contributed by atoms with Crippen LogP contribution in [0.2, 0.25) is 0 Å². The molecule has 1 aliphatic heterocycles. The number of piperidine rings is 1. The van der Waals surface area contributed by atoms with Crippen LogP contribution in [0, 0.1) is 5.92 Å². The number of carbonyl (C=O) groups excluding carboxylic acids is 1. The molecule has 12 heteroatoms. The summed E-state index contributed by atoms with van der Waals surface area (Å²) in [6.07, 6.45) is -3.50. The number of halogens is 3. The van der Waals surface area contributed by atoms with Crippen LogP contribution in [0.4, 0.5) is 24.1 Å². The Morgan fingerprint density at radius 1 is 1.19 bits per heavy atom. The average molecular weight is 453 g/mol. The van der Waals surface area contributed by atoms with Crippen LogP contribution in [0.1, 0.15) is 12.8 Å². The number of amides is 1. The van der Waals surface area contributed by atoms with Gasteiger partial charge < -0.3 is 19.7 Å². The third-order valence-electron chi connectivity index (χ3n) is 4.85. The van der Waals surface area contributed by atoms with Crippen molar-refractivity contribution >= 4 is 38.4 Å². The summed E-state index contributed by atoms with van der Waals surface area (Å²) in [6.45, 7) is 1.30. The zero-order chi connectivity index (χ0) is 22.0. The molecule has 0 saturated carbocycles. The Labute approximate surface area is 179 Å². The van der Waals surface area contributed by atoms with E-state index in [9.17, 15) is 18.0 Å². The lowest BCUT2D eigenvalue weighted by Crippen LogP contribution is -2.38. The molecule has 0 atom stereocenters. The van der Waals surface area contributed by atoms with Crippen molar-refractivity contribution in [3.8, 4) is 11.6 Å². The quantitative estimate of drug-likeness (QED) is 0.628. The van der Waals surface area contributed by atoms with E-state index in [4.69, 9.17) is 4.74 Å². The zero-order valence-electron chi connectivity index (χ0n) is 16.3. The van der Waals surface area contributed by atoms with Gasteiger partial charge in [0, 0.05) is 31.1 Å². The van der Waals surface area contributed by atoms with E-state index in [2.05, 4.69) is 30.1 Å². The monoisotopic (exact) mass is 453 g/mol. The van der Waals surface area contributed by atoms with Crippen LogP contribution in [0.3, 0.4) is 0 Å². The number of fused-ring (bicyclic) bond motifs is 1.